The number of benzene rings is 2. The van der Waals surface area contributed by atoms with Crippen molar-refractivity contribution in [1.29, 1.82) is 0 Å². The molecule has 1 aliphatic rings. The quantitative estimate of drug-likeness (QED) is 0.873. The van der Waals surface area contributed by atoms with Gasteiger partial charge in [0.1, 0.15) is 0 Å². The molecule has 3 nitrogen and oxygen atoms in total. The summed E-state index contributed by atoms with van der Waals surface area (Å²) in [5, 5.41) is 4.06. The van der Waals surface area contributed by atoms with Crippen molar-refractivity contribution in [3.05, 3.63) is 53.6 Å². The normalized spacial score (nSPS) is 16.8. The van der Waals surface area contributed by atoms with E-state index in [1.807, 2.05) is 36.0 Å². The summed E-state index contributed by atoms with van der Waals surface area (Å²) < 4.78 is 0. The third-order valence-electron chi connectivity index (χ3n) is 3.82. The molecule has 0 bridgehead atoms. The molecule has 0 saturated heterocycles. The van der Waals surface area contributed by atoms with Crippen LogP contribution < -0.4 is 10.2 Å². The maximum Gasteiger partial charge on any atom is 0.243 e. The number of nitrogens with zero attached hydrogens (tertiary/aromatic N) is 1. The van der Waals surface area contributed by atoms with Crippen molar-refractivity contribution in [3.63, 3.8) is 0 Å². The molecule has 0 unspecified atom stereocenters. The van der Waals surface area contributed by atoms with Crippen molar-refractivity contribution in [2.24, 2.45) is 0 Å². The zero-order valence-electron chi connectivity index (χ0n) is 13.0. The van der Waals surface area contributed by atoms with Gasteiger partial charge >= 0.3 is 0 Å². The largest absolute Gasteiger partial charge is 0.360 e. The molecule has 23 heavy (non-hydrogen) atoms. The van der Waals surface area contributed by atoms with Crippen LogP contribution in [-0.2, 0) is 4.79 Å². The zero-order chi connectivity index (χ0) is 16.2. The fourth-order valence-corrected chi connectivity index (χ4v) is 4.13. The van der Waals surface area contributed by atoms with Gasteiger partial charge in [0.15, 0.2) is 0 Å². The minimum Gasteiger partial charge on any atom is -0.360 e. The van der Waals surface area contributed by atoms with Crippen LogP contribution in [0.3, 0.4) is 0 Å². The highest BCUT2D eigenvalue weighted by atomic mass is 35.5. The number of nitrogens with one attached hydrogen (secondary N) is 1. The molecule has 120 valence electrons. The molecule has 5 heteroatoms. The maximum absolute atomic E-state index is 12.4. The Kier molecular flexibility index (Phi) is 5.13. The second-order valence-electron chi connectivity index (χ2n) is 5.55. The van der Waals surface area contributed by atoms with Crippen LogP contribution in [0.25, 0.3) is 0 Å². The van der Waals surface area contributed by atoms with E-state index >= 15 is 0 Å². The van der Waals surface area contributed by atoms with E-state index in [-0.39, 0.29) is 5.91 Å². The third-order valence-corrected chi connectivity index (χ3v) is 5.47. The zero-order valence-corrected chi connectivity index (χ0v) is 14.5. The van der Waals surface area contributed by atoms with E-state index in [9.17, 15) is 4.79 Å². The first-order valence-electron chi connectivity index (χ1n) is 7.71. The topological polar surface area (TPSA) is 32.3 Å². The van der Waals surface area contributed by atoms with E-state index < -0.39 is 0 Å². The van der Waals surface area contributed by atoms with E-state index in [4.69, 9.17) is 11.6 Å². The van der Waals surface area contributed by atoms with E-state index in [0.29, 0.717) is 16.8 Å². The van der Waals surface area contributed by atoms with Gasteiger partial charge in [0.25, 0.3) is 0 Å². The number of para-hydroxylation sites is 1. The molecule has 3 rings (SSSR count). The molecule has 0 spiro atoms. The van der Waals surface area contributed by atoms with Crippen LogP contribution in [-0.4, -0.2) is 24.2 Å². The molecule has 1 aliphatic heterocycles. The molecule has 1 heterocycles. The molecule has 2 aromatic rings. The van der Waals surface area contributed by atoms with Crippen LogP contribution in [0.4, 0.5) is 11.4 Å². The molecule has 0 saturated carbocycles. The predicted octanol–water partition coefficient (Wildman–Crippen LogP) is 4.67. The molecular formula is C18H19ClN2OS. The number of halogens is 1. The van der Waals surface area contributed by atoms with Crippen LogP contribution >= 0.6 is 23.4 Å². The molecule has 0 radical (unpaired) electrons. The summed E-state index contributed by atoms with van der Waals surface area (Å²) in [7, 11) is 0. The smallest absolute Gasteiger partial charge is 0.243 e. The molecular weight excluding hydrogens is 328 g/mol. The van der Waals surface area contributed by atoms with Crippen molar-refractivity contribution in [2.45, 2.75) is 23.5 Å². The Bertz CT molecular complexity index is 707. The average molecular weight is 347 g/mol. The molecule has 1 amide bonds. The Labute approximate surface area is 146 Å². The molecule has 1 atom stereocenters. The van der Waals surface area contributed by atoms with Crippen LogP contribution in [0.15, 0.2) is 53.4 Å². The Hall–Kier alpha value is -1.65. The lowest BCUT2D eigenvalue weighted by molar-refractivity contribution is -0.115. The summed E-state index contributed by atoms with van der Waals surface area (Å²) in [6.07, 6.45) is 1.09. The number of anilines is 2. The minimum atomic E-state index is -0.0242. The average Bonchev–Trinajstić information content (AvgIpc) is 2.54. The number of fused-ring (bicyclic) bond motifs is 1. The van der Waals surface area contributed by atoms with Gasteiger partial charge in [-0.1, -0.05) is 36.7 Å². The number of amides is 1. The van der Waals surface area contributed by atoms with Crippen molar-refractivity contribution < 1.29 is 4.79 Å². The van der Waals surface area contributed by atoms with Crippen LogP contribution in [0, 0.1) is 0 Å². The number of carbonyl (C=O) groups is 1. The van der Waals surface area contributed by atoms with Gasteiger partial charge in [-0.05, 0) is 36.8 Å². The highest BCUT2D eigenvalue weighted by Crippen LogP contribution is 2.39. The minimum absolute atomic E-state index is 0.0242. The number of hydrogen-bond acceptors (Lipinski definition) is 3. The number of hydrogen-bond donors (Lipinski definition) is 1. The second-order valence-corrected chi connectivity index (χ2v) is 7.33. The highest BCUT2D eigenvalue weighted by Gasteiger charge is 2.25. The van der Waals surface area contributed by atoms with Crippen molar-refractivity contribution in [2.75, 3.05) is 23.3 Å². The van der Waals surface area contributed by atoms with Gasteiger partial charge in [-0.3, -0.25) is 4.79 Å². The Balaban J connectivity index is 1.72. The molecule has 2 aromatic carbocycles. The molecule has 0 aliphatic carbocycles. The van der Waals surface area contributed by atoms with E-state index in [0.717, 1.165) is 24.3 Å². The Morgan fingerprint density at radius 1 is 1.30 bits per heavy atom. The Morgan fingerprint density at radius 2 is 2.13 bits per heavy atom. The van der Waals surface area contributed by atoms with Gasteiger partial charge in [0, 0.05) is 27.4 Å². The molecule has 1 N–H and O–H groups in total. The number of carbonyl (C=O) groups excluding carboxylic acids is 1. The van der Waals surface area contributed by atoms with Crippen molar-refractivity contribution >= 4 is 40.6 Å². The van der Waals surface area contributed by atoms with E-state index in [2.05, 4.69) is 29.3 Å². The SMILES string of the molecule is CC[C@@H]1CN(CC(=O)Nc2cccc(Cl)c2)c2ccccc2S1. The summed E-state index contributed by atoms with van der Waals surface area (Å²) >= 11 is 7.86. The van der Waals surface area contributed by atoms with Crippen LogP contribution in [0.2, 0.25) is 5.02 Å². The summed E-state index contributed by atoms with van der Waals surface area (Å²) in [6, 6.07) is 15.5. The fourth-order valence-electron chi connectivity index (χ4n) is 2.68. The standard InChI is InChI=1S/C18H19ClN2OS/c1-2-15-11-21(16-8-3-4-9-17(16)23-15)12-18(22)20-14-7-5-6-13(19)10-14/h3-10,15H,2,11-12H2,1H3,(H,20,22)/t15-/m1/s1. The van der Waals surface area contributed by atoms with Gasteiger partial charge in [-0.15, -0.1) is 11.8 Å². The Morgan fingerprint density at radius 3 is 2.91 bits per heavy atom. The summed E-state index contributed by atoms with van der Waals surface area (Å²) in [5.74, 6) is -0.0242. The first kappa shape index (κ1) is 16.2. The predicted molar refractivity (Wildman–Crippen MR) is 98.7 cm³/mol. The van der Waals surface area contributed by atoms with Crippen LogP contribution in [0.5, 0.6) is 0 Å². The highest BCUT2D eigenvalue weighted by molar-refractivity contribution is 8.00. The number of thioether (sulfide) groups is 1. The van der Waals surface area contributed by atoms with Gasteiger partial charge in [0.2, 0.25) is 5.91 Å². The summed E-state index contributed by atoms with van der Waals surface area (Å²) in [6.45, 7) is 3.43. The molecule has 0 aromatic heterocycles. The monoisotopic (exact) mass is 346 g/mol. The lowest BCUT2D eigenvalue weighted by Crippen LogP contribution is -2.40. The first-order valence-corrected chi connectivity index (χ1v) is 8.97. The van der Waals surface area contributed by atoms with Gasteiger partial charge in [-0.25, -0.2) is 0 Å². The van der Waals surface area contributed by atoms with Gasteiger partial charge in [-0.2, -0.15) is 0 Å². The third kappa shape index (κ3) is 4.01. The van der Waals surface area contributed by atoms with Crippen LogP contribution in [0.1, 0.15) is 13.3 Å². The lowest BCUT2D eigenvalue weighted by atomic mass is 10.2. The lowest BCUT2D eigenvalue weighted by Gasteiger charge is -2.34. The van der Waals surface area contributed by atoms with E-state index in [1.54, 1.807) is 12.1 Å². The van der Waals surface area contributed by atoms with Crippen molar-refractivity contribution in [1.82, 2.24) is 0 Å². The fraction of sp³-hybridized carbons (Fsp3) is 0.278. The second kappa shape index (κ2) is 7.28. The summed E-state index contributed by atoms with van der Waals surface area (Å²) in [5.41, 5.74) is 1.87. The number of rotatable bonds is 4. The van der Waals surface area contributed by atoms with Gasteiger partial charge in [0.05, 0.1) is 12.2 Å². The first-order chi connectivity index (χ1) is 11.2. The van der Waals surface area contributed by atoms with E-state index in [1.165, 1.54) is 4.90 Å². The maximum atomic E-state index is 12.4. The van der Waals surface area contributed by atoms with Gasteiger partial charge < -0.3 is 10.2 Å². The van der Waals surface area contributed by atoms with Crippen molar-refractivity contribution in [3.8, 4) is 0 Å². The molecule has 0 fully saturated rings. The summed E-state index contributed by atoms with van der Waals surface area (Å²) in [4.78, 5) is 15.8.